The molecule has 0 saturated carbocycles. The molecule has 3 rings (SSSR count). The lowest BCUT2D eigenvalue weighted by molar-refractivity contribution is -0.143. The summed E-state index contributed by atoms with van der Waals surface area (Å²) in [6, 6.07) is 3.01. The van der Waals surface area contributed by atoms with Gasteiger partial charge in [-0.1, -0.05) is 0 Å². The number of aromatic nitrogens is 3. The van der Waals surface area contributed by atoms with Crippen molar-refractivity contribution in [3.8, 4) is 17.2 Å². The molecule has 1 atom stereocenters. The third-order valence-electron chi connectivity index (χ3n) is 4.36. The number of benzene rings is 1. The van der Waals surface area contributed by atoms with Crippen LogP contribution in [0.5, 0.6) is 17.2 Å². The highest BCUT2D eigenvalue weighted by molar-refractivity contribution is 5.92. The van der Waals surface area contributed by atoms with Gasteiger partial charge >= 0.3 is 5.97 Å². The average Bonchev–Trinajstić information content (AvgIpc) is 3.12. The third-order valence-corrected chi connectivity index (χ3v) is 4.36. The first kappa shape index (κ1) is 19.5. The number of anilines is 1. The zero-order valence-electron chi connectivity index (χ0n) is 16.8. The van der Waals surface area contributed by atoms with Gasteiger partial charge in [0.2, 0.25) is 11.7 Å². The van der Waals surface area contributed by atoms with E-state index >= 15 is 0 Å². The van der Waals surface area contributed by atoms with Crippen LogP contribution in [0.2, 0.25) is 0 Å². The monoisotopic (exact) mass is 388 g/mol. The Labute approximate surface area is 163 Å². The molecule has 2 aromatic rings. The minimum atomic E-state index is -0.571. The predicted octanol–water partition coefficient (Wildman–Crippen LogP) is 2.54. The Morgan fingerprint density at radius 1 is 1.14 bits per heavy atom. The van der Waals surface area contributed by atoms with Gasteiger partial charge in [-0.3, -0.25) is 0 Å². The zero-order valence-corrected chi connectivity index (χ0v) is 16.8. The smallest absolute Gasteiger partial charge is 0.338 e. The van der Waals surface area contributed by atoms with Crippen molar-refractivity contribution in [2.45, 2.75) is 32.9 Å². The topological polar surface area (TPSA) is 96.7 Å². The lowest BCUT2D eigenvalue weighted by Gasteiger charge is -2.29. The summed E-state index contributed by atoms with van der Waals surface area (Å²) < 4.78 is 23.4. The molecule has 0 spiro atoms. The summed E-state index contributed by atoms with van der Waals surface area (Å²) in [6.07, 6.45) is 1.17. The van der Waals surface area contributed by atoms with Gasteiger partial charge in [-0.2, -0.15) is 10.1 Å². The Bertz CT molecular complexity index is 894. The standard InChI is InChI=1S/C19H24N4O5/c1-10(2)28-18(24)15-11(3)22-19-20-9-21-23(19)16(15)12-7-13(25-4)17(27-6)14(8-12)26-5/h7-10,16H,1-6H3,(H,20,21,22)/t16-/m0/s1. The Balaban J connectivity index is 2.20. The molecule has 0 bridgehead atoms. The highest BCUT2D eigenvalue weighted by atomic mass is 16.5. The average molecular weight is 388 g/mol. The number of rotatable bonds is 6. The number of hydrogen-bond donors (Lipinski definition) is 1. The van der Waals surface area contributed by atoms with E-state index in [2.05, 4.69) is 15.4 Å². The molecule has 2 heterocycles. The second kappa shape index (κ2) is 7.79. The fourth-order valence-corrected chi connectivity index (χ4v) is 3.20. The van der Waals surface area contributed by atoms with Gasteiger partial charge < -0.3 is 24.3 Å². The van der Waals surface area contributed by atoms with Crippen LogP contribution in [-0.4, -0.2) is 48.2 Å². The number of carbonyl (C=O) groups excluding carboxylic acids is 1. The van der Waals surface area contributed by atoms with Gasteiger partial charge in [-0.25, -0.2) is 9.48 Å². The van der Waals surface area contributed by atoms with E-state index in [0.29, 0.717) is 34.5 Å². The molecular formula is C19H24N4O5. The van der Waals surface area contributed by atoms with Crippen LogP contribution in [0.3, 0.4) is 0 Å². The Morgan fingerprint density at radius 3 is 2.32 bits per heavy atom. The van der Waals surface area contributed by atoms with Gasteiger partial charge in [0.05, 0.1) is 33.0 Å². The molecule has 9 nitrogen and oxygen atoms in total. The molecule has 0 saturated heterocycles. The molecule has 28 heavy (non-hydrogen) atoms. The van der Waals surface area contributed by atoms with E-state index in [0.717, 1.165) is 5.56 Å². The zero-order chi connectivity index (χ0) is 20.4. The van der Waals surface area contributed by atoms with Crippen LogP contribution in [0.15, 0.2) is 29.7 Å². The molecule has 0 fully saturated rings. The first-order valence-electron chi connectivity index (χ1n) is 8.79. The SMILES string of the molecule is COc1cc([C@H]2C(C(=O)OC(C)C)=C(C)Nc3ncnn32)cc(OC)c1OC. The number of fused-ring (bicyclic) bond motifs is 1. The van der Waals surface area contributed by atoms with Crippen LogP contribution < -0.4 is 19.5 Å². The molecule has 1 aromatic carbocycles. The van der Waals surface area contributed by atoms with Crippen molar-refractivity contribution in [3.05, 3.63) is 35.3 Å². The highest BCUT2D eigenvalue weighted by Gasteiger charge is 2.35. The van der Waals surface area contributed by atoms with Crippen LogP contribution in [0, 0.1) is 0 Å². The molecule has 9 heteroatoms. The summed E-state index contributed by atoms with van der Waals surface area (Å²) >= 11 is 0. The van der Waals surface area contributed by atoms with Crippen molar-refractivity contribution in [3.63, 3.8) is 0 Å². The maximum Gasteiger partial charge on any atom is 0.338 e. The lowest BCUT2D eigenvalue weighted by Crippen LogP contribution is -2.30. The van der Waals surface area contributed by atoms with E-state index in [1.165, 1.54) is 13.4 Å². The van der Waals surface area contributed by atoms with Crippen molar-refractivity contribution in [1.82, 2.24) is 14.8 Å². The summed E-state index contributed by atoms with van der Waals surface area (Å²) in [6.45, 7) is 5.42. The van der Waals surface area contributed by atoms with Crippen molar-refractivity contribution in [2.75, 3.05) is 26.6 Å². The Kier molecular flexibility index (Phi) is 5.43. The van der Waals surface area contributed by atoms with Crippen molar-refractivity contribution in [2.24, 2.45) is 0 Å². The molecule has 1 aliphatic heterocycles. The molecule has 0 amide bonds. The summed E-state index contributed by atoms with van der Waals surface area (Å²) in [5, 5.41) is 7.41. The van der Waals surface area contributed by atoms with Gasteiger partial charge in [0.1, 0.15) is 12.4 Å². The number of nitrogens with one attached hydrogen (secondary N) is 1. The van der Waals surface area contributed by atoms with E-state index in [-0.39, 0.29) is 6.10 Å². The van der Waals surface area contributed by atoms with Crippen molar-refractivity contribution in [1.29, 1.82) is 0 Å². The second-order valence-electron chi connectivity index (χ2n) is 6.51. The van der Waals surface area contributed by atoms with E-state index in [9.17, 15) is 4.79 Å². The van der Waals surface area contributed by atoms with E-state index in [1.807, 2.05) is 0 Å². The van der Waals surface area contributed by atoms with Gasteiger partial charge in [0.25, 0.3) is 0 Å². The van der Waals surface area contributed by atoms with Gasteiger partial charge in [-0.15, -0.1) is 0 Å². The Morgan fingerprint density at radius 2 is 1.79 bits per heavy atom. The number of hydrogen-bond acceptors (Lipinski definition) is 8. The van der Waals surface area contributed by atoms with Crippen LogP contribution in [0.25, 0.3) is 0 Å². The molecule has 150 valence electrons. The maximum atomic E-state index is 12.9. The number of ether oxygens (including phenoxy) is 4. The largest absolute Gasteiger partial charge is 0.493 e. The normalized spacial score (nSPS) is 15.8. The predicted molar refractivity (Wildman–Crippen MR) is 102 cm³/mol. The molecular weight excluding hydrogens is 364 g/mol. The summed E-state index contributed by atoms with van der Waals surface area (Å²) in [5.74, 6) is 1.52. The summed E-state index contributed by atoms with van der Waals surface area (Å²) in [5.41, 5.74) is 1.80. The number of nitrogens with zero attached hydrogens (tertiary/aromatic N) is 3. The second-order valence-corrected chi connectivity index (χ2v) is 6.51. The molecule has 1 aromatic heterocycles. The fraction of sp³-hybridized carbons (Fsp3) is 0.421. The fourth-order valence-electron chi connectivity index (χ4n) is 3.20. The molecule has 1 aliphatic rings. The minimum Gasteiger partial charge on any atom is -0.493 e. The van der Waals surface area contributed by atoms with Gasteiger partial charge in [-0.05, 0) is 38.5 Å². The summed E-state index contributed by atoms with van der Waals surface area (Å²) in [4.78, 5) is 17.1. The van der Waals surface area contributed by atoms with Crippen LogP contribution in [-0.2, 0) is 9.53 Å². The highest BCUT2D eigenvalue weighted by Crippen LogP contribution is 2.43. The van der Waals surface area contributed by atoms with Gasteiger partial charge in [0.15, 0.2) is 11.5 Å². The molecule has 0 radical (unpaired) electrons. The lowest BCUT2D eigenvalue weighted by atomic mass is 9.95. The van der Waals surface area contributed by atoms with E-state index in [1.54, 1.807) is 51.8 Å². The van der Waals surface area contributed by atoms with Crippen LogP contribution in [0.1, 0.15) is 32.4 Å². The molecule has 1 N–H and O–H groups in total. The minimum absolute atomic E-state index is 0.259. The molecule has 0 aliphatic carbocycles. The maximum absolute atomic E-state index is 12.9. The van der Waals surface area contributed by atoms with Crippen molar-refractivity contribution >= 4 is 11.9 Å². The molecule has 0 unspecified atom stereocenters. The number of allylic oxidation sites excluding steroid dienone is 1. The van der Waals surface area contributed by atoms with E-state index < -0.39 is 12.0 Å². The Hall–Kier alpha value is -3.23. The van der Waals surface area contributed by atoms with Crippen LogP contribution >= 0.6 is 0 Å². The number of methoxy groups -OCH3 is 3. The van der Waals surface area contributed by atoms with Crippen molar-refractivity contribution < 1.29 is 23.7 Å². The quantitative estimate of drug-likeness (QED) is 0.754. The van der Waals surface area contributed by atoms with E-state index in [4.69, 9.17) is 18.9 Å². The number of esters is 1. The van der Waals surface area contributed by atoms with Gasteiger partial charge in [0, 0.05) is 5.70 Å². The van der Waals surface area contributed by atoms with Crippen LogP contribution in [0.4, 0.5) is 5.95 Å². The first-order valence-corrected chi connectivity index (χ1v) is 8.79. The first-order chi connectivity index (χ1) is 13.4. The number of carbonyl (C=O) groups is 1. The third kappa shape index (κ3) is 3.35. The summed E-state index contributed by atoms with van der Waals surface area (Å²) in [7, 11) is 4.62.